The summed E-state index contributed by atoms with van der Waals surface area (Å²) in [7, 11) is 1.58. The molecule has 1 aromatic heterocycles. The third kappa shape index (κ3) is 3.71. The Bertz CT molecular complexity index is 1430. The zero-order valence-electron chi connectivity index (χ0n) is 17.4. The quantitative estimate of drug-likeness (QED) is 0.212. The molecule has 5 rings (SSSR count). The van der Waals surface area contributed by atoms with Gasteiger partial charge in [-0.05, 0) is 35.9 Å². The van der Waals surface area contributed by atoms with Gasteiger partial charge in [-0.2, -0.15) is 0 Å². The van der Waals surface area contributed by atoms with E-state index in [0.29, 0.717) is 27.5 Å². The Labute approximate surface area is 201 Å². The van der Waals surface area contributed by atoms with Crippen molar-refractivity contribution in [3.63, 3.8) is 0 Å². The predicted octanol–water partition coefficient (Wildman–Crippen LogP) is 5.69. The number of halogens is 1. The van der Waals surface area contributed by atoms with E-state index >= 15 is 0 Å². The van der Waals surface area contributed by atoms with Crippen LogP contribution in [0.15, 0.2) is 82.8 Å². The van der Waals surface area contributed by atoms with Gasteiger partial charge in [0.2, 0.25) is 0 Å². The maximum atomic E-state index is 13.3. The number of hydrogen-bond acceptors (Lipinski definition) is 6. The van der Waals surface area contributed by atoms with Crippen molar-refractivity contribution in [1.82, 2.24) is 4.98 Å². The number of hydrogen-bond donors (Lipinski definition) is 1. The molecular weight excluding hydrogens is 504 g/mol. The number of benzene rings is 3. The smallest absolute Gasteiger partial charge is 0.301 e. The topological polar surface area (TPSA) is 79.7 Å². The van der Waals surface area contributed by atoms with Gasteiger partial charge in [0.1, 0.15) is 11.5 Å². The molecule has 0 radical (unpaired) electrons. The Morgan fingerprint density at radius 1 is 1.06 bits per heavy atom. The van der Waals surface area contributed by atoms with E-state index in [4.69, 9.17) is 4.74 Å². The molecule has 0 aliphatic carbocycles. The number of fused-ring (bicyclic) bond motifs is 1. The van der Waals surface area contributed by atoms with Crippen molar-refractivity contribution < 1.29 is 19.4 Å². The number of amides is 1. The van der Waals surface area contributed by atoms with Gasteiger partial charge >= 0.3 is 5.91 Å². The fraction of sp³-hybridized carbons (Fsp3) is 0.0800. The molecule has 0 bridgehead atoms. The van der Waals surface area contributed by atoms with Crippen LogP contribution in [0.4, 0.5) is 5.13 Å². The van der Waals surface area contributed by atoms with Crippen LogP contribution >= 0.6 is 27.3 Å². The molecule has 1 saturated heterocycles. The normalized spacial score (nSPS) is 17.6. The van der Waals surface area contributed by atoms with Gasteiger partial charge in [-0.3, -0.25) is 14.5 Å². The summed E-state index contributed by atoms with van der Waals surface area (Å²) in [4.78, 5) is 32.5. The fourth-order valence-corrected chi connectivity index (χ4v) is 5.33. The summed E-state index contributed by atoms with van der Waals surface area (Å²) in [6.07, 6.45) is 0. The lowest BCUT2D eigenvalue weighted by Gasteiger charge is -2.23. The highest BCUT2D eigenvalue weighted by atomic mass is 79.9. The molecule has 2 heterocycles. The minimum atomic E-state index is -0.829. The number of nitrogens with zero attached hydrogens (tertiary/aromatic N) is 2. The van der Waals surface area contributed by atoms with Crippen molar-refractivity contribution >= 4 is 60.1 Å². The lowest BCUT2D eigenvalue weighted by molar-refractivity contribution is -0.132. The van der Waals surface area contributed by atoms with Crippen molar-refractivity contribution in [3.05, 3.63) is 94.0 Å². The number of rotatable bonds is 4. The summed E-state index contributed by atoms with van der Waals surface area (Å²) in [5.74, 6) is -1.03. The molecule has 1 atom stereocenters. The number of carbonyl (C=O) groups excluding carboxylic acids is 2. The van der Waals surface area contributed by atoms with Gasteiger partial charge in [0.05, 0.1) is 28.9 Å². The summed E-state index contributed by atoms with van der Waals surface area (Å²) < 4.78 is 6.91. The summed E-state index contributed by atoms with van der Waals surface area (Å²) in [5, 5.41) is 11.5. The van der Waals surface area contributed by atoms with E-state index in [1.807, 2.05) is 42.5 Å². The predicted molar refractivity (Wildman–Crippen MR) is 132 cm³/mol. The van der Waals surface area contributed by atoms with E-state index in [2.05, 4.69) is 20.9 Å². The molecule has 1 aliphatic heterocycles. The monoisotopic (exact) mass is 520 g/mol. The minimum Gasteiger partial charge on any atom is -0.507 e. The Morgan fingerprint density at radius 2 is 1.85 bits per heavy atom. The molecule has 164 valence electrons. The molecule has 8 heteroatoms. The summed E-state index contributed by atoms with van der Waals surface area (Å²) in [5.41, 5.74) is 1.86. The lowest BCUT2D eigenvalue weighted by atomic mass is 9.95. The van der Waals surface area contributed by atoms with Crippen molar-refractivity contribution in [2.75, 3.05) is 12.0 Å². The molecule has 4 aromatic rings. The second-order valence-electron chi connectivity index (χ2n) is 7.42. The van der Waals surface area contributed by atoms with Crippen LogP contribution in [0.25, 0.3) is 16.0 Å². The number of ketones is 1. The van der Waals surface area contributed by atoms with E-state index in [0.717, 1.165) is 9.17 Å². The van der Waals surface area contributed by atoms with Gasteiger partial charge < -0.3 is 9.84 Å². The van der Waals surface area contributed by atoms with E-state index in [9.17, 15) is 14.7 Å². The first-order valence-corrected chi connectivity index (χ1v) is 11.7. The maximum absolute atomic E-state index is 13.3. The second kappa shape index (κ2) is 8.46. The zero-order chi connectivity index (χ0) is 23.1. The SMILES string of the molecule is COc1ccc2nc(N3C(=O)C(=O)/C(=C(/O)c4ccccc4)[C@@H]3c3cccc(Br)c3)sc2c1. The average molecular weight is 521 g/mol. The van der Waals surface area contributed by atoms with E-state index in [-0.39, 0.29) is 11.3 Å². The second-order valence-corrected chi connectivity index (χ2v) is 9.34. The standard InChI is InChI=1S/C25H17BrN2O4S/c1-32-17-10-11-18-19(13-17)33-25(27-18)28-21(15-8-5-9-16(26)12-15)20(23(30)24(28)31)22(29)14-6-3-2-4-7-14/h2-13,21,29H,1H3/b22-20+/t21-/m0/s1. The van der Waals surface area contributed by atoms with Crippen molar-refractivity contribution in [2.24, 2.45) is 0 Å². The third-order valence-corrected chi connectivity index (χ3v) is 6.96. The molecule has 0 saturated carbocycles. The van der Waals surface area contributed by atoms with Crippen molar-refractivity contribution in [1.29, 1.82) is 0 Å². The number of Topliss-reactive ketones (excluding diaryl/α,β-unsaturated/α-hetero) is 1. The summed E-state index contributed by atoms with van der Waals surface area (Å²) in [6.45, 7) is 0. The van der Waals surface area contributed by atoms with Gasteiger partial charge in [0.15, 0.2) is 5.13 Å². The van der Waals surface area contributed by atoms with Gasteiger partial charge in [0.25, 0.3) is 5.78 Å². The minimum absolute atomic E-state index is 0.0288. The van der Waals surface area contributed by atoms with Crippen LogP contribution in [-0.4, -0.2) is 28.9 Å². The highest BCUT2D eigenvalue weighted by Gasteiger charge is 2.48. The molecule has 1 N–H and O–H groups in total. The number of anilines is 1. The van der Waals surface area contributed by atoms with Crippen LogP contribution in [0, 0.1) is 0 Å². The Hall–Kier alpha value is -3.49. The zero-order valence-corrected chi connectivity index (χ0v) is 19.8. The van der Waals surface area contributed by atoms with Crippen LogP contribution in [0.2, 0.25) is 0 Å². The molecule has 1 aliphatic rings. The fourth-order valence-electron chi connectivity index (χ4n) is 3.90. The maximum Gasteiger partial charge on any atom is 0.301 e. The van der Waals surface area contributed by atoms with Crippen LogP contribution < -0.4 is 9.64 Å². The number of carbonyl (C=O) groups is 2. The number of aromatic nitrogens is 1. The molecule has 1 fully saturated rings. The van der Waals surface area contributed by atoms with Gasteiger partial charge in [-0.25, -0.2) is 4.98 Å². The molecule has 0 unspecified atom stereocenters. The largest absolute Gasteiger partial charge is 0.507 e. The number of ether oxygens (including phenoxy) is 1. The van der Waals surface area contributed by atoms with E-state index in [1.165, 1.54) is 16.2 Å². The lowest BCUT2D eigenvalue weighted by Crippen LogP contribution is -2.29. The molecule has 3 aromatic carbocycles. The highest BCUT2D eigenvalue weighted by Crippen LogP contribution is 2.44. The summed E-state index contributed by atoms with van der Waals surface area (Å²) >= 11 is 4.76. The molecule has 33 heavy (non-hydrogen) atoms. The third-order valence-electron chi connectivity index (χ3n) is 5.45. The van der Waals surface area contributed by atoms with Gasteiger partial charge in [-0.1, -0.05) is 69.7 Å². The van der Waals surface area contributed by atoms with Crippen LogP contribution in [0.3, 0.4) is 0 Å². The van der Waals surface area contributed by atoms with Crippen molar-refractivity contribution in [2.45, 2.75) is 6.04 Å². The van der Waals surface area contributed by atoms with E-state index in [1.54, 1.807) is 37.4 Å². The Balaban J connectivity index is 1.73. The highest BCUT2D eigenvalue weighted by molar-refractivity contribution is 9.10. The summed E-state index contributed by atoms with van der Waals surface area (Å²) in [6, 6.07) is 20.7. The number of methoxy groups -OCH3 is 1. The van der Waals surface area contributed by atoms with Crippen LogP contribution in [-0.2, 0) is 9.59 Å². The first kappa shape index (κ1) is 21.4. The first-order valence-electron chi connectivity index (χ1n) is 10.0. The average Bonchev–Trinajstić information content (AvgIpc) is 3.37. The van der Waals surface area contributed by atoms with Gasteiger partial charge in [-0.15, -0.1) is 0 Å². The molecule has 6 nitrogen and oxygen atoms in total. The first-order chi connectivity index (χ1) is 16.0. The number of thiazole rings is 1. The Morgan fingerprint density at radius 3 is 2.58 bits per heavy atom. The van der Waals surface area contributed by atoms with Gasteiger partial charge in [0, 0.05) is 10.0 Å². The van der Waals surface area contributed by atoms with Crippen LogP contribution in [0.5, 0.6) is 5.75 Å². The van der Waals surface area contributed by atoms with Crippen LogP contribution in [0.1, 0.15) is 17.2 Å². The number of aliphatic hydroxyl groups is 1. The Kier molecular flexibility index (Phi) is 5.47. The van der Waals surface area contributed by atoms with Crippen molar-refractivity contribution in [3.8, 4) is 5.75 Å². The molecular formula is C25H17BrN2O4S. The van der Waals surface area contributed by atoms with E-state index < -0.39 is 17.7 Å². The number of aliphatic hydroxyl groups excluding tert-OH is 1. The molecule has 0 spiro atoms. The molecule has 1 amide bonds.